The minimum Gasteiger partial charge on any atom is -0.494 e. The fourth-order valence-corrected chi connectivity index (χ4v) is 1.60. The van der Waals surface area contributed by atoms with Crippen LogP contribution in [0.15, 0.2) is 41.0 Å². The van der Waals surface area contributed by atoms with Crippen molar-refractivity contribution in [2.75, 3.05) is 7.11 Å². The fraction of sp³-hybridized carbons (Fsp3) is 0.0833. The Bertz CT molecular complexity index is 534. The van der Waals surface area contributed by atoms with Crippen molar-refractivity contribution in [1.82, 2.24) is 4.98 Å². The van der Waals surface area contributed by atoms with Gasteiger partial charge in [-0.1, -0.05) is 6.07 Å². The Hall–Kier alpha value is -1.62. The van der Waals surface area contributed by atoms with E-state index in [0.29, 0.717) is 16.2 Å². The number of methoxy groups -OCH3 is 1. The molecule has 2 rings (SSSR count). The monoisotopic (exact) mass is 297 g/mol. The second-order valence-electron chi connectivity index (χ2n) is 3.20. The van der Waals surface area contributed by atoms with E-state index in [2.05, 4.69) is 20.9 Å². The highest BCUT2D eigenvalue weighted by Gasteiger charge is 2.05. The van der Waals surface area contributed by atoms with Gasteiger partial charge < -0.3 is 9.47 Å². The van der Waals surface area contributed by atoms with Gasteiger partial charge in [-0.2, -0.15) is 0 Å². The molecule has 0 bridgehead atoms. The Balaban J connectivity index is 2.24. The number of rotatable bonds is 3. The lowest BCUT2D eigenvalue weighted by molar-refractivity contribution is 0.380. The Morgan fingerprint density at radius 3 is 2.76 bits per heavy atom. The molecule has 0 saturated heterocycles. The normalized spacial score (nSPS) is 10.1. The van der Waals surface area contributed by atoms with E-state index in [9.17, 15) is 4.39 Å². The zero-order chi connectivity index (χ0) is 12.3. The lowest BCUT2D eigenvalue weighted by Crippen LogP contribution is -1.91. The highest BCUT2D eigenvalue weighted by atomic mass is 79.9. The number of pyridine rings is 1. The van der Waals surface area contributed by atoms with Crippen molar-refractivity contribution >= 4 is 15.9 Å². The van der Waals surface area contributed by atoms with Crippen molar-refractivity contribution in [3.05, 3.63) is 46.8 Å². The maximum Gasteiger partial charge on any atom is 0.220 e. The maximum absolute atomic E-state index is 13.2. The first-order valence-corrected chi connectivity index (χ1v) is 5.62. The number of nitrogens with zero attached hydrogens (tertiary/aromatic N) is 1. The van der Waals surface area contributed by atoms with Crippen LogP contribution in [0.2, 0.25) is 0 Å². The number of hydrogen-bond donors (Lipinski definition) is 0. The van der Waals surface area contributed by atoms with Crippen molar-refractivity contribution in [3.8, 4) is 17.4 Å². The molecule has 0 fully saturated rings. The smallest absolute Gasteiger partial charge is 0.220 e. The average molecular weight is 298 g/mol. The Morgan fingerprint density at radius 2 is 2.06 bits per heavy atom. The van der Waals surface area contributed by atoms with Crippen LogP contribution in [0.1, 0.15) is 0 Å². The second kappa shape index (κ2) is 5.14. The van der Waals surface area contributed by atoms with Crippen molar-refractivity contribution in [3.63, 3.8) is 0 Å². The van der Waals surface area contributed by atoms with Gasteiger partial charge in [0.15, 0.2) is 11.6 Å². The van der Waals surface area contributed by atoms with Crippen LogP contribution in [-0.4, -0.2) is 12.1 Å². The van der Waals surface area contributed by atoms with E-state index in [1.807, 2.05) is 0 Å². The standard InChI is InChI=1S/C12H9BrFNO2/c1-16-10-7-8(5-6-9(10)14)17-12-4-2-3-11(13)15-12/h2-7H,1H3. The third-order valence-corrected chi connectivity index (χ3v) is 2.48. The molecule has 0 atom stereocenters. The van der Waals surface area contributed by atoms with E-state index in [0.717, 1.165) is 0 Å². The van der Waals surface area contributed by atoms with E-state index in [1.165, 1.54) is 25.3 Å². The molecule has 0 N–H and O–H groups in total. The van der Waals surface area contributed by atoms with Crippen LogP contribution in [0.5, 0.6) is 17.4 Å². The molecule has 1 aromatic heterocycles. The molecular weight excluding hydrogens is 289 g/mol. The third kappa shape index (κ3) is 2.94. The van der Waals surface area contributed by atoms with Gasteiger partial charge in [0, 0.05) is 12.1 Å². The molecule has 0 aliphatic rings. The minimum atomic E-state index is -0.429. The van der Waals surface area contributed by atoms with E-state index in [4.69, 9.17) is 9.47 Å². The Kier molecular flexibility index (Phi) is 3.58. The van der Waals surface area contributed by atoms with E-state index >= 15 is 0 Å². The molecule has 5 heteroatoms. The number of aromatic nitrogens is 1. The summed E-state index contributed by atoms with van der Waals surface area (Å²) in [7, 11) is 1.40. The third-order valence-electron chi connectivity index (χ3n) is 2.03. The summed E-state index contributed by atoms with van der Waals surface area (Å²) >= 11 is 3.24. The van der Waals surface area contributed by atoms with E-state index in [1.54, 1.807) is 18.2 Å². The van der Waals surface area contributed by atoms with Crippen molar-refractivity contribution in [2.24, 2.45) is 0 Å². The highest BCUT2D eigenvalue weighted by molar-refractivity contribution is 9.10. The molecule has 0 unspecified atom stereocenters. The molecule has 0 spiro atoms. The zero-order valence-corrected chi connectivity index (χ0v) is 10.6. The van der Waals surface area contributed by atoms with Gasteiger partial charge in [0.05, 0.1) is 7.11 Å². The molecule has 1 aromatic carbocycles. The Labute approximate surface area is 106 Å². The quantitative estimate of drug-likeness (QED) is 0.808. The molecule has 1 heterocycles. The van der Waals surface area contributed by atoms with Crippen LogP contribution >= 0.6 is 15.9 Å². The molecule has 0 aliphatic carbocycles. The van der Waals surface area contributed by atoms with Crippen molar-refractivity contribution < 1.29 is 13.9 Å². The van der Waals surface area contributed by atoms with Gasteiger partial charge in [0.25, 0.3) is 0 Å². The predicted molar refractivity (Wildman–Crippen MR) is 65.0 cm³/mol. The predicted octanol–water partition coefficient (Wildman–Crippen LogP) is 3.78. The molecule has 3 nitrogen and oxygen atoms in total. The highest BCUT2D eigenvalue weighted by Crippen LogP contribution is 2.26. The lowest BCUT2D eigenvalue weighted by atomic mass is 10.3. The van der Waals surface area contributed by atoms with Crippen LogP contribution in [0.4, 0.5) is 4.39 Å². The largest absolute Gasteiger partial charge is 0.494 e. The van der Waals surface area contributed by atoms with Gasteiger partial charge in [-0.15, -0.1) is 0 Å². The summed E-state index contributed by atoms with van der Waals surface area (Å²) in [4.78, 5) is 4.11. The molecule has 0 amide bonds. The van der Waals surface area contributed by atoms with Crippen LogP contribution in [0, 0.1) is 5.82 Å². The first-order chi connectivity index (χ1) is 8.19. The Morgan fingerprint density at radius 1 is 1.24 bits per heavy atom. The first-order valence-electron chi connectivity index (χ1n) is 4.83. The summed E-state index contributed by atoms with van der Waals surface area (Å²) in [5, 5.41) is 0. The number of benzene rings is 1. The summed E-state index contributed by atoms with van der Waals surface area (Å²) in [5.74, 6) is 0.599. The first kappa shape index (κ1) is 11.9. The number of hydrogen-bond acceptors (Lipinski definition) is 3. The minimum absolute atomic E-state index is 0.137. The topological polar surface area (TPSA) is 31.4 Å². The lowest BCUT2D eigenvalue weighted by Gasteiger charge is -2.07. The van der Waals surface area contributed by atoms with Gasteiger partial charge in [-0.3, -0.25) is 0 Å². The molecule has 0 aliphatic heterocycles. The number of ether oxygens (including phenoxy) is 2. The maximum atomic E-state index is 13.2. The summed E-state index contributed by atoms with van der Waals surface area (Å²) in [5.41, 5.74) is 0. The summed E-state index contributed by atoms with van der Waals surface area (Å²) in [6.45, 7) is 0. The molecule has 0 radical (unpaired) electrons. The average Bonchev–Trinajstić information content (AvgIpc) is 2.32. The van der Waals surface area contributed by atoms with Gasteiger partial charge in [-0.25, -0.2) is 9.37 Å². The summed E-state index contributed by atoms with van der Waals surface area (Å²) in [6.07, 6.45) is 0. The van der Waals surface area contributed by atoms with Gasteiger partial charge in [0.2, 0.25) is 5.88 Å². The molecule has 2 aromatic rings. The van der Waals surface area contributed by atoms with Crippen molar-refractivity contribution in [2.45, 2.75) is 0 Å². The van der Waals surface area contributed by atoms with Crippen LogP contribution in [0.3, 0.4) is 0 Å². The van der Waals surface area contributed by atoms with E-state index in [-0.39, 0.29) is 5.75 Å². The van der Waals surface area contributed by atoms with Gasteiger partial charge in [0.1, 0.15) is 10.4 Å². The zero-order valence-electron chi connectivity index (χ0n) is 8.98. The summed E-state index contributed by atoms with van der Waals surface area (Å²) < 4.78 is 24.2. The van der Waals surface area contributed by atoms with Gasteiger partial charge in [-0.05, 0) is 34.1 Å². The van der Waals surface area contributed by atoms with Crippen LogP contribution < -0.4 is 9.47 Å². The van der Waals surface area contributed by atoms with E-state index < -0.39 is 5.82 Å². The van der Waals surface area contributed by atoms with Crippen LogP contribution in [-0.2, 0) is 0 Å². The van der Waals surface area contributed by atoms with Crippen LogP contribution in [0.25, 0.3) is 0 Å². The molecule has 17 heavy (non-hydrogen) atoms. The summed E-state index contributed by atoms with van der Waals surface area (Å²) in [6, 6.07) is 9.57. The number of halogens is 2. The fourth-order valence-electron chi connectivity index (χ4n) is 1.27. The van der Waals surface area contributed by atoms with Crippen molar-refractivity contribution in [1.29, 1.82) is 0 Å². The molecular formula is C12H9BrFNO2. The molecule has 88 valence electrons. The second-order valence-corrected chi connectivity index (χ2v) is 4.01. The SMILES string of the molecule is COc1cc(Oc2cccc(Br)n2)ccc1F. The van der Waals surface area contributed by atoms with Gasteiger partial charge >= 0.3 is 0 Å². The molecule has 0 saturated carbocycles.